The van der Waals surface area contributed by atoms with Crippen molar-refractivity contribution in [3.8, 4) is 0 Å². The van der Waals surface area contributed by atoms with Crippen LogP contribution in [-0.2, 0) is 17.8 Å². The zero-order valence-electron chi connectivity index (χ0n) is 13.9. The maximum absolute atomic E-state index is 12.6. The summed E-state index contributed by atoms with van der Waals surface area (Å²) in [6, 6.07) is 5.08. The zero-order valence-corrected chi connectivity index (χ0v) is 15.5. The molecule has 0 bridgehead atoms. The van der Waals surface area contributed by atoms with Gasteiger partial charge in [-0.05, 0) is 18.2 Å². The summed E-state index contributed by atoms with van der Waals surface area (Å²) in [6.07, 6.45) is 2.38. The van der Waals surface area contributed by atoms with Gasteiger partial charge in [0.05, 0.1) is 13.0 Å². The molecule has 0 aliphatic rings. The molecule has 2 aromatic heterocycles. The number of nitrogens with zero attached hydrogens (tertiary/aromatic N) is 4. The molecule has 2 heterocycles. The molecule has 8 nitrogen and oxygen atoms in total. The highest BCUT2D eigenvalue weighted by Gasteiger charge is 2.16. The van der Waals surface area contributed by atoms with Gasteiger partial charge >= 0.3 is 5.97 Å². The highest BCUT2D eigenvalue weighted by molar-refractivity contribution is 8.03. The molecule has 0 amide bonds. The number of halogens is 1. The number of rotatable bonds is 6. The molecule has 3 N–H and O–H groups in total. The second kappa shape index (κ2) is 7.77. The number of hydrogen-bond acceptors (Lipinski definition) is 7. The molecule has 1 aromatic carbocycles. The molecule has 0 fully saturated rings. The van der Waals surface area contributed by atoms with Crippen LogP contribution in [0.1, 0.15) is 5.69 Å². The number of aromatic nitrogens is 4. The number of anilines is 1. The molecule has 0 aliphatic heterocycles. The van der Waals surface area contributed by atoms with Crippen LogP contribution in [0.2, 0.25) is 5.02 Å². The lowest BCUT2D eigenvalue weighted by Crippen LogP contribution is -2.27. The fourth-order valence-electron chi connectivity index (χ4n) is 2.40. The standard InChI is InChI=1S/C17H14ClN5O3S/c1-9(27-13-3-2-10(18)6-11(13)19)8-23-17(26)16-15(20-4-5-21-16)12(22-23)7-14(24)25/h2-6H,1,7-8,19H2,(H,24,25). The van der Waals surface area contributed by atoms with Crippen LogP contribution in [0, 0.1) is 0 Å². The number of benzene rings is 1. The molecular weight excluding hydrogens is 390 g/mol. The second-order valence-electron chi connectivity index (χ2n) is 5.56. The van der Waals surface area contributed by atoms with Crippen molar-refractivity contribution in [2.75, 3.05) is 5.73 Å². The average molecular weight is 404 g/mol. The lowest BCUT2D eigenvalue weighted by atomic mass is 10.2. The molecule has 3 aromatic rings. The van der Waals surface area contributed by atoms with E-state index in [1.807, 2.05) is 0 Å². The number of carboxylic acid groups (broad SMARTS) is 1. The number of carbonyl (C=O) groups is 1. The van der Waals surface area contributed by atoms with Crippen LogP contribution < -0.4 is 11.3 Å². The van der Waals surface area contributed by atoms with Crippen molar-refractivity contribution in [1.29, 1.82) is 0 Å². The van der Waals surface area contributed by atoms with Crippen LogP contribution in [0.5, 0.6) is 0 Å². The largest absolute Gasteiger partial charge is 0.481 e. The molecule has 0 saturated carbocycles. The second-order valence-corrected chi connectivity index (χ2v) is 7.21. The Labute approximate surface area is 162 Å². The van der Waals surface area contributed by atoms with E-state index in [2.05, 4.69) is 21.6 Å². The van der Waals surface area contributed by atoms with E-state index in [0.29, 0.717) is 15.6 Å². The van der Waals surface area contributed by atoms with Crippen LogP contribution in [-0.4, -0.2) is 30.8 Å². The van der Waals surface area contributed by atoms with E-state index in [-0.39, 0.29) is 29.7 Å². The summed E-state index contributed by atoms with van der Waals surface area (Å²) >= 11 is 7.17. The number of aliphatic carboxylic acids is 1. The number of nitrogen functional groups attached to an aromatic ring is 1. The number of nitrogens with two attached hydrogens (primary N) is 1. The lowest BCUT2D eigenvalue weighted by Gasteiger charge is -2.11. The summed E-state index contributed by atoms with van der Waals surface area (Å²) in [4.78, 5) is 33.1. The summed E-state index contributed by atoms with van der Waals surface area (Å²) in [5, 5.41) is 13.8. The van der Waals surface area contributed by atoms with Crippen molar-refractivity contribution in [2.24, 2.45) is 0 Å². The number of carboxylic acids is 1. The van der Waals surface area contributed by atoms with E-state index in [1.165, 1.54) is 24.2 Å². The number of hydrogen-bond donors (Lipinski definition) is 2. The highest BCUT2D eigenvalue weighted by Crippen LogP contribution is 2.32. The third-order valence-corrected chi connectivity index (χ3v) is 4.77. The Bertz CT molecular complexity index is 1120. The van der Waals surface area contributed by atoms with Gasteiger partial charge in [0.2, 0.25) is 0 Å². The molecular formula is C17H14ClN5O3S. The number of allylic oxidation sites excluding steroid dienone is 1. The topological polar surface area (TPSA) is 124 Å². The first-order chi connectivity index (χ1) is 12.8. The van der Waals surface area contributed by atoms with E-state index in [4.69, 9.17) is 22.4 Å². The minimum Gasteiger partial charge on any atom is -0.481 e. The third kappa shape index (κ3) is 4.26. The lowest BCUT2D eigenvalue weighted by molar-refractivity contribution is -0.136. The summed E-state index contributed by atoms with van der Waals surface area (Å²) in [6.45, 7) is 4.00. The van der Waals surface area contributed by atoms with Crippen molar-refractivity contribution >= 4 is 46.1 Å². The van der Waals surface area contributed by atoms with Gasteiger partial charge in [0, 0.05) is 32.9 Å². The number of thioether (sulfide) groups is 1. The normalized spacial score (nSPS) is 10.9. The minimum absolute atomic E-state index is 0.0602. The fourth-order valence-corrected chi connectivity index (χ4v) is 3.39. The maximum atomic E-state index is 12.6. The Morgan fingerprint density at radius 3 is 2.67 bits per heavy atom. The fraction of sp³-hybridized carbons (Fsp3) is 0.118. The molecule has 3 rings (SSSR count). The minimum atomic E-state index is -1.08. The predicted molar refractivity (Wildman–Crippen MR) is 104 cm³/mol. The van der Waals surface area contributed by atoms with Gasteiger partial charge in [0.15, 0.2) is 5.52 Å². The van der Waals surface area contributed by atoms with E-state index in [1.54, 1.807) is 18.2 Å². The quantitative estimate of drug-likeness (QED) is 0.474. The summed E-state index contributed by atoms with van der Waals surface area (Å²) in [5.41, 5.74) is 6.35. The Morgan fingerprint density at radius 1 is 1.30 bits per heavy atom. The van der Waals surface area contributed by atoms with Crippen LogP contribution >= 0.6 is 23.4 Å². The Balaban J connectivity index is 1.94. The van der Waals surface area contributed by atoms with Crippen LogP contribution in [0.4, 0.5) is 5.69 Å². The smallest absolute Gasteiger partial charge is 0.309 e. The Kier molecular flexibility index (Phi) is 5.43. The molecule has 138 valence electrons. The van der Waals surface area contributed by atoms with Gasteiger partial charge in [-0.3, -0.25) is 14.6 Å². The van der Waals surface area contributed by atoms with Gasteiger partial charge in [-0.2, -0.15) is 5.10 Å². The van der Waals surface area contributed by atoms with E-state index in [0.717, 1.165) is 9.58 Å². The van der Waals surface area contributed by atoms with Crippen LogP contribution in [0.3, 0.4) is 0 Å². The van der Waals surface area contributed by atoms with Gasteiger partial charge in [0.25, 0.3) is 5.56 Å². The van der Waals surface area contributed by atoms with Crippen molar-refractivity contribution in [2.45, 2.75) is 17.9 Å². The summed E-state index contributed by atoms with van der Waals surface area (Å²) in [7, 11) is 0. The highest BCUT2D eigenvalue weighted by atomic mass is 35.5. The molecule has 0 atom stereocenters. The van der Waals surface area contributed by atoms with Gasteiger partial charge in [-0.25, -0.2) is 9.67 Å². The third-order valence-electron chi connectivity index (χ3n) is 3.52. The average Bonchev–Trinajstić information content (AvgIpc) is 2.61. The van der Waals surface area contributed by atoms with Crippen LogP contribution in [0.25, 0.3) is 11.0 Å². The zero-order chi connectivity index (χ0) is 19.6. The predicted octanol–water partition coefficient (Wildman–Crippen LogP) is 2.36. The monoisotopic (exact) mass is 403 g/mol. The van der Waals surface area contributed by atoms with Crippen LogP contribution in [0.15, 0.2) is 51.8 Å². The molecule has 10 heteroatoms. The molecule has 0 saturated heterocycles. The van der Waals surface area contributed by atoms with Gasteiger partial charge in [-0.1, -0.05) is 29.9 Å². The van der Waals surface area contributed by atoms with Crippen molar-refractivity contribution in [3.63, 3.8) is 0 Å². The maximum Gasteiger partial charge on any atom is 0.309 e. The molecule has 0 unspecified atom stereocenters. The van der Waals surface area contributed by atoms with Gasteiger partial charge < -0.3 is 10.8 Å². The first-order valence-electron chi connectivity index (χ1n) is 7.68. The first kappa shape index (κ1) is 18.9. The Hall–Kier alpha value is -2.91. The summed E-state index contributed by atoms with van der Waals surface area (Å²) < 4.78 is 1.14. The molecule has 27 heavy (non-hydrogen) atoms. The Morgan fingerprint density at radius 2 is 2.00 bits per heavy atom. The van der Waals surface area contributed by atoms with Gasteiger partial charge in [0.1, 0.15) is 11.2 Å². The van der Waals surface area contributed by atoms with E-state index < -0.39 is 11.5 Å². The SMILES string of the molecule is C=C(Cn1nc(CC(=O)O)c2nccnc2c1=O)Sc1ccc(Cl)cc1N. The molecule has 0 aliphatic carbocycles. The first-order valence-corrected chi connectivity index (χ1v) is 8.87. The van der Waals surface area contributed by atoms with Crippen molar-refractivity contribution < 1.29 is 9.90 Å². The molecule has 0 spiro atoms. The van der Waals surface area contributed by atoms with E-state index >= 15 is 0 Å². The molecule has 0 radical (unpaired) electrons. The van der Waals surface area contributed by atoms with Crippen molar-refractivity contribution in [3.05, 3.63) is 63.1 Å². The van der Waals surface area contributed by atoms with E-state index in [9.17, 15) is 9.59 Å². The van der Waals surface area contributed by atoms with Gasteiger partial charge in [-0.15, -0.1) is 0 Å². The summed E-state index contributed by atoms with van der Waals surface area (Å²) in [5.74, 6) is -1.08. The number of fused-ring (bicyclic) bond motifs is 1. The van der Waals surface area contributed by atoms with Crippen molar-refractivity contribution in [1.82, 2.24) is 19.7 Å².